The van der Waals surface area contributed by atoms with Gasteiger partial charge >= 0.3 is 5.97 Å². The molecule has 0 atom stereocenters. The summed E-state index contributed by atoms with van der Waals surface area (Å²) in [5.41, 5.74) is -0.169. The van der Waals surface area contributed by atoms with Gasteiger partial charge in [-0.3, -0.25) is 4.90 Å². The molecule has 2 aromatic heterocycles. The summed E-state index contributed by atoms with van der Waals surface area (Å²) in [6.45, 7) is 0. The van der Waals surface area contributed by atoms with Crippen LogP contribution in [0.4, 0.5) is 11.7 Å². The number of nitrogens with zero attached hydrogens (tertiary/aromatic N) is 3. The van der Waals surface area contributed by atoms with Crippen molar-refractivity contribution in [1.29, 1.82) is 0 Å². The van der Waals surface area contributed by atoms with Gasteiger partial charge in [0.2, 0.25) is 5.88 Å². The number of hydrogen-bond donors (Lipinski definition) is 1. The first kappa shape index (κ1) is 12.9. The summed E-state index contributed by atoms with van der Waals surface area (Å²) < 4.78 is 5.28. The van der Waals surface area contributed by atoms with Crippen molar-refractivity contribution in [2.24, 2.45) is 0 Å². The van der Waals surface area contributed by atoms with E-state index in [1.807, 2.05) is 0 Å². The van der Waals surface area contributed by atoms with Gasteiger partial charge in [0.05, 0.1) is 6.26 Å². The average Bonchev–Trinajstić information content (AvgIpc) is 3.13. The van der Waals surface area contributed by atoms with E-state index in [4.69, 9.17) is 16.0 Å². The van der Waals surface area contributed by atoms with Crippen LogP contribution < -0.4 is 4.90 Å². The lowest BCUT2D eigenvalue weighted by atomic mass is 10.3. The number of hydrogen-bond acceptors (Lipinski definition) is 5. The minimum atomic E-state index is -1.16. The molecule has 0 aromatic carbocycles. The van der Waals surface area contributed by atoms with Gasteiger partial charge in [0.1, 0.15) is 10.8 Å². The maximum Gasteiger partial charge on any atom is 0.356 e. The number of carboxylic acids is 1. The molecule has 1 aliphatic carbocycles. The van der Waals surface area contributed by atoms with Crippen molar-refractivity contribution in [3.63, 3.8) is 0 Å². The predicted molar refractivity (Wildman–Crippen MR) is 72.7 cm³/mol. The number of carbonyl (C=O) groups is 1. The minimum Gasteiger partial charge on any atom is -0.476 e. The fourth-order valence-electron chi connectivity index (χ4n) is 1.91. The van der Waals surface area contributed by atoms with Crippen LogP contribution in [-0.4, -0.2) is 28.1 Å². The Morgan fingerprint density at radius 3 is 2.80 bits per heavy atom. The number of aromatic nitrogens is 2. The molecular weight excluding hydrogens is 282 g/mol. The summed E-state index contributed by atoms with van der Waals surface area (Å²) in [6.07, 6.45) is 3.48. The van der Waals surface area contributed by atoms with Crippen molar-refractivity contribution in [1.82, 2.24) is 9.97 Å². The molecular formula is C13H12ClN3O3. The molecule has 1 saturated carbocycles. The quantitative estimate of drug-likeness (QED) is 0.933. The molecule has 0 spiro atoms. The highest BCUT2D eigenvalue weighted by Crippen LogP contribution is 2.40. The van der Waals surface area contributed by atoms with E-state index >= 15 is 0 Å². The summed E-state index contributed by atoms with van der Waals surface area (Å²) in [7, 11) is 1.72. The second-order valence-corrected chi connectivity index (χ2v) is 5.04. The van der Waals surface area contributed by atoms with Gasteiger partial charge in [-0.15, -0.1) is 0 Å². The van der Waals surface area contributed by atoms with Gasteiger partial charge in [-0.05, 0) is 18.9 Å². The number of carboxylic acid groups (broad SMARTS) is 1. The van der Waals surface area contributed by atoms with Crippen LogP contribution in [0.1, 0.15) is 35.1 Å². The third kappa shape index (κ3) is 2.22. The Morgan fingerprint density at radius 2 is 2.25 bits per heavy atom. The maximum atomic E-state index is 11.3. The Hall–Kier alpha value is -2.08. The second kappa shape index (κ2) is 4.79. The minimum absolute atomic E-state index is 0.0146. The first-order chi connectivity index (χ1) is 9.58. The molecule has 1 aliphatic rings. The maximum absolute atomic E-state index is 11.3. The van der Waals surface area contributed by atoms with Gasteiger partial charge in [0, 0.05) is 19.0 Å². The molecule has 104 valence electrons. The second-order valence-electron chi connectivity index (χ2n) is 4.66. The number of rotatable bonds is 4. The van der Waals surface area contributed by atoms with E-state index in [1.165, 1.54) is 6.26 Å². The van der Waals surface area contributed by atoms with Crippen LogP contribution in [0.2, 0.25) is 5.02 Å². The lowest BCUT2D eigenvalue weighted by Crippen LogP contribution is -2.16. The van der Waals surface area contributed by atoms with Crippen molar-refractivity contribution in [2.45, 2.75) is 18.8 Å². The molecule has 20 heavy (non-hydrogen) atoms. The standard InChI is InChI=1S/C13H12ClN3O3/c1-17(8-3-2-6-20-8)12-9(14)10(13(18)19)15-11(16-12)7-4-5-7/h2-3,6-7H,4-5H2,1H3,(H,18,19). The van der Waals surface area contributed by atoms with Crippen LogP contribution in [0.5, 0.6) is 0 Å². The number of furan rings is 1. The van der Waals surface area contributed by atoms with Crippen LogP contribution in [0.15, 0.2) is 22.8 Å². The molecule has 7 heteroatoms. The zero-order valence-electron chi connectivity index (χ0n) is 10.7. The van der Waals surface area contributed by atoms with Crippen molar-refractivity contribution in [3.8, 4) is 0 Å². The summed E-state index contributed by atoms with van der Waals surface area (Å²) in [5.74, 6) is 0.474. The summed E-state index contributed by atoms with van der Waals surface area (Å²) in [5, 5.41) is 9.23. The third-order valence-corrected chi connectivity index (χ3v) is 3.50. The molecule has 3 rings (SSSR count). The Bertz CT molecular complexity index is 653. The molecule has 6 nitrogen and oxygen atoms in total. The molecule has 1 fully saturated rings. The van der Waals surface area contributed by atoms with E-state index in [-0.39, 0.29) is 16.6 Å². The van der Waals surface area contributed by atoms with Crippen LogP contribution in [0.3, 0.4) is 0 Å². The topological polar surface area (TPSA) is 79.5 Å². The van der Waals surface area contributed by atoms with E-state index in [0.717, 1.165) is 12.8 Å². The smallest absolute Gasteiger partial charge is 0.356 e. The van der Waals surface area contributed by atoms with E-state index < -0.39 is 5.97 Å². The zero-order valence-corrected chi connectivity index (χ0v) is 11.5. The average molecular weight is 294 g/mol. The monoisotopic (exact) mass is 293 g/mol. The van der Waals surface area contributed by atoms with Crippen molar-refractivity contribution in [3.05, 3.63) is 34.9 Å². The van der Waals surface area contributed by atoms with Crippen molar-refractivity contribution >= 4 is 29.3 Å². The van der Waals surface area contributed by atoms with E-state index in [0.29, 0.717) is 17.5 Å². The summed E-state index contributed by atoms with van der Waals surface area (Å²) in [4.78, 5) is 21.3. The fourth-order valence-corrected chi connectivity index (χ4v) is 2.20. The molecule has 0 amide bonds. The Labute approximate surface area is 120 Å². The SMILES string of the molecule is CN(c1ccco1)c1nc(C2CC2)nc(C(=O)O)c1Cl. The molecule has 0 unspecified atom stereocenters. The molecule has 1 N–H and O–H groups in total. The van der Waals surface area contributed by atoms with Crippen LogP contribution in [-0.2, 0) is 0 Å². The Kier molecular flexibility index (Phi) is 3.10. The van der Waals surface area contributed by atoms with Crippen LogP contribution >= 0.6 is 11.6 Å². The molecule has 0 saturated heterocycles. The highest BCUT2D eigenvalue weighted by Gasteiger charge is 2.31. The van der Waals surface area contributed by atoms with Gasteiger partial charge in [0.15, 0.2) is 11.5 Å². The largest absolute Gasteiger partial charge is 0.476 e. The lowest BCUT2D eigenvalue weighted by molar-refractivity contribution is 0.0690. The number of anilines is 2. The molecule has 0 bridgehead atoms. The Morgan fingerprint density at radius 1 is 1.50 bits per heavy atom. The lowest BCUT2D eigenvalue weighted by Gasteiger charge is -2.18. The molecule has 0 aliphatic heterocycles. The normalized spacial score (nSPS) is 14.3. The van der Waals surface area contributed by atoms with Crippen molar-refractivity contribution < 1.29 is 14.3 Å². The van der Waals surface area contributed by atoms with Gasteiger partial charge in [-0.2, -0.15) is 0 Å². The van der Waals surface area contributed by atoms with E-state index in [9.17, 15) is 9.90 Å². The van der Waals surface area contributed by atoms with Gasteiger partial charge in [-0.1, -0.05) is 11.6 Å². The summed E-state index contributed by atoms with van der Waals surface area (Å²) >= 11 is 6.12. The number of halogens is 1. The first-order valence-electron chi connectivity index (χ1n) is 6.16. The van der Waals surface area contributed by atoms with Gasteiger partial charge in [0.25, 0.3) is 0 Å². The highest BCUT2D eigenvalue weighted by molar-refractivity contribution is 6.35. The van der Waals surface area contributed by atoms with Crippen molar-refractivity contribution in [2.75, 3.05) is 11.9 Å². The fraction of sp³-hybridized carbons (Fsp3) is 0.308. The Balaban J connectivity index is 2.10. The molecule has 2 heterocycles. The highest BCUT2D eigenvalue weighted by atomic mass is 35.5. The zero-order chi connectivity index (χ0) is 14.3. The van der Waals surface area contributed by atoms with Gasteiger partial charge in [-0.25, -0.2) is 14.8 Å². The van der Waals surface area contributed by atoms with Crippen LogP contribution in [0.25, 0.3) is 0 Å². The first-order valence-corrected chi connectivity index (χ1v) is 6.53. The molecule has 2 aromatic rings. The molecule has 0 radical (unpaired) electrons. The van der Waals surface area contributed by atoms with E-state index in [2.05, 4.69) is 9.97 Å². The van der Waals surface area contributed by atoms with Crippen LogP contribution in [0, 0.1) is 0 Å². The number of aromatic carboxylic acids is 1. The van der Waals surface area contributed by atoms with E-state index in [1.54, 1.807) is 24.1 Å². The summed E-state index contributed by atoms with van der Waals surface area (Å²) in [6, 6.07) is 3.48. The third-order valence-electron chi connectivity index (χ3n) is 3.15. The predicted octanol–water partition coefficient (Wildman–Crippen LogP) is 3.07. The van der Waals surface area contributed by atoms with Gasteiger partial charge < -0.3 is 9.52 Å².